The first kappa shape index (κ1) is 17.4. The van der Waals surface area contributed by atoms with E-state index >= 15 is 0 Å². The van der Waals surface area contributed by atoms with E-state index in [0.717, 1.165) is 27.6 Å². The van der Waals surface area contributed by atoms with E-state index in [-0.39, 0.29) is 17.4 Å². The summed E-state index contributed by atoms with van der Waals surface area (Å²) in [6, 6.07) is 20.2. The predicted octanol–water partition coefficient (Wildman–Crippen LogP) is 4.32. The lowest BCUT2D eigenvalue weighted by Gasteiger charge is -2.20. The summed E-state index contributed by atoms with van der Waals surface area (Å²) in [5, 5.41) is 13.8. The zero-order chi connectivity index (χ0) is 19.5. The highest BCUT2D eigenvalue weighted by molar-refractivity contribution is 5.96. The minimum atomic E-state index is -0.159. The highest BCUT2D eigenvalue weighted by atomic mass is 15.1. The van der Waals surface area contributed by atoms with Gasteiger partial charge in [-0.3, -0.25) is 4.98 Å². The van der Waals surface area contributed by atoms with E-state index in [1.165, 1.54) is 6.33 Å². The molecule has 1 atom stereocenters. The van der Waals surface area contributed by atoms with Crippen molar-refractivity contribution in [1.82, 2.24) is 15.0 Å². The first-order valence-corrected chi connectivity index (χ1v) is 8.89. The van der Waals surface area contributed by atoms with E-state index < -0.39 is 0 Å². The molecular weight excluding hydrogens is 348 g/mol. The lowest BCUT2D eigenvalue weighted by molar-refractivity contribution is 0.868. The fraction of sp³-hybridized carbons (Fsp3) is 0.0909. The zero-order valence-corrected chi connectivity index (χ0v) is 15.3. The van der Waals surface area contributed by atoms with Crippen LogP contribution in [0.25, 0.3) is 22.0 Å². The summed E-state index contributed by atoms with van der Waals surface area (Å²) in [5.41, 5.74) is 10.2. The normalized spacial score (nSPS) is 11.7. The van der Waals surface area contributed by atoms with Gasteiger partial charge in [0.05, 0.1) is 11.6 Å². The second-order valence-corrected chi connectivity index (χ2v) is 6.43. The van der Waals surface area contributed by atoms with Gasteiger partial charge in [-0.15, -0.1) is 0 Å². The Balaban J connectivity index is 1.85. The molecule has 6 heteroatoms. The number of nitrogen functional groups attached to an aromatic ring is 1. The smallest absolute Gasteiger partial charge is 0.150 e. The Morgan fingerprint density at radius 2 is 1.75 bits per heavy atom. The quantitative estimate of drug-likeness (QED) is 0.558. The van der Waals surface area contributed by atoms with Gasteiger partial charge in [0.15, 0.2) is 0 Å². The molecule has 0 unspecified atom stereocenters. The van der Waals surface area contributed by atoms with Crippen LogP contribution in [0.4, 0.5) is 11.6 Å². The van der Waals surface area contributed by atoms with Crippen molar-refractivity contribution in [1.29, 1.82) is 5.26 Å². The van der Waals surface area contributed by atoms with Crippen molar-refractivity contribution < 1.29 is 0 Å². The molecule has 6 nitrogen and oxygen atoms in total. The molecule has 0 aliphatic heterocycles. The Hall–Kier alpha value is -3.98. The molecule has 0 aliphatic carbocycles. The fourth-order valence-corrected chi connectivity index (χ4v) is 3.31. The molecule has 2 heterocycles. The molecule has 0 radical (unpaired) electrons. The highest BCUT2D eigenvalue weighted by Crippen LogP contribution is 2.35. The number of hydrogen-bond donors (Lipinski definition) is 2. The molecule has 0 aliphatic rings. The van der Waals surface area contributed by atoms with Crippen molar-refractivity contribution in [3.8, 4) is 17.2 Å². The maximum absolute atomic E-state index is 9.39. The van der Waals surface area contributed by atoms with E-state index in [2.05, 4.69) is 44.5 Å². The van der Waals surface area contributed by atoms with Crippen LogP contribution >= 0.6 is 0 Å². The van der Waals surface area contributed by atoms with E-state index in [0.29, 0.717) is 5.82 Å². The van der Waals surface area contributed by atoms with Crippen LogP contribution < -0.4 is 11.1 Å². The third-order valence-corrected chi connectivity index (χ3v) is 4.68. The van der Waals surface area contributed by atoms with Gasteiger partial charge in [-0.2, -0.15) is 5.26 Å². The molecule has 4 aromatic rings. The van der Waals surface area contributed by atoms with E-state index in [4.69, 9.17) is 5.73 Å². The molecule has 2 aromatic heterocycles. The first-order valence-electron chi connectivity index (χ1n) is 8.89. The maximum Gasteiger partial charge on any atom is 0.150 e. The van der Waals surface area contributed by atoms with Gasteiger partial charge in [0, 0.05) is 17.1 Å². The van der Waals surface area contributed by atoms with Gasteiger partial charge in [-0.05, 0) is 24.1 Å². The molecular formula is C22H18N6. The third kappa shape index (κ3) is 3.10. The highest BCUT2D eigenvalue weighted by Gasteiger charge is 2.18. The Bertz CT molecular complexity index is 1180. The minimum absolute atomic E-state index is 0.159. The van der Waals surface area contributed by atoms with Crippen molar-refractivity contribution in [2.24, 2.45) is 0 Å². The van der Waals surface area contributed by atoms with Gasteiger partial charge >= 0.3 is 0 Å². The van der Waals surface area contributed by atoms with Crippen LogP contribution in [0, 0.1) is 11.3 Å². The van der Waals surface area contributed by atoms with E-state index in [1.54, 1.807) is 0 Å². The average Bonchev–Trinajstić information content (AvgIpc) is 2.73. The van der Waals surface area contributed by atoms with Gasteiger partial charge in [0.1, 0.15) is 29.6 Å². The van der Waals surface area contributed by atoms with Crippen molar-refractivity contribution in [2.45, 2.75) is 13.0 Å². The second kappa shape index (κ2) is 7.33. The monoisotopic (exact) mass is 366 g/mol. The maximum atomic E-state index is 9.39. The summed E-state index contributed by atoms with van der Waals surface area (Å²) in [6.45, 7) is 2.01. The first-order chi connectivity index (χ1) is 13.7. The summed E-state index contributed by atoms with van der Waals surface area (Å²) >= 11 is 0. The largest absolute Gasteiger partial charge is 0.382 e. The molecule has 0 saturated heterocycles. The van der Waals surface area contributed by atoms with Crippen molar-refractivity contribution >= 4 is 22.5 Å². The number of hydrogen-bond acceptors (Lipinski definition) is 6. The molecule has 0 amide bonds. The number of fused-ring (bicyclic) bond motifs is 1. The van der Waals surface area contributed by atoms with Crippen LogP contribution in [-0.2, 0) is 0 Å². The Labute approximate surface area is 162 Å². The number of pyridine rings is 1. The van der Waals surface area contributed by atoms with Gasteiger partial charge in [-0.1, -0.05) is 48.5 Å². The second-order valence-electron chi connectivity index (χ2n) is 6.43. The number of nitrogens with two attached hydrogens (primary N) is 1. The van der Waals surface area contributed by atoms with Crippen LogP contribution in [0.15, 0.2) is 67.1 Å². The molecule has 2 aromatic carbocycles. The van der Waals surface area contributed by atoms with Crippen LogP contribution in [0.5, 0.6) is 0 Å². The summed E-state index contributed by atoms with van der Waals surface area (Å²) in [6.07, 6.45) is 3.22. The number of benzene rings is 2. The number of nitrogens with zero attached hydrogens (tertiary/aromatic N) is 4. The molecule has 0 fully saturated rings. The molecule has 28 heavy (non-hydrogen) atoms. The summed E-state index contributed by atoms with van der Waals surface area (Å²) < 4.78 is 0. The zero-order valence-electron chi connectivity index (χ0n) is 15.3. The molecule has 136 valence electrons. The number of aromatic nitrogens is 3. The summed E-state index contributed by atoms with van der Waals surface area (Å²) in [7, 11) is 0. The molecule has 0 bridgehead atoms. The Kier molecular flexibility index (Phi) is 4.56. The fourth-order valence-electron chi connectivity index (χ4n) is 3.31. The number of nitrogens with one attached hydrogen (secondary N) is 1. The van der Waals surface area contributed by atoms with Crippen LogP contribution in [-0.4, -0.2) is 15.0 Å². The number of nitriles is 1. The average molecular weight is 366 g/mol. The van der Waals surface area contributed by atoms with E-state index in [1.807, 2.05) is 49.5 Å². The van der Waals surface area contributed by atoms with Crippen molar-refractivity contribution in [2.75, 3.05) is 11.1 Å². The van der Waals surface area contributed by atoms with Crippen molar-refractivity contribution in [3.05, 3.63) is 78.2 Å². The topological polar surface area (TPSA) is 101 Å². The SMILES string of the molecule is C[C@H](Nc1ncnc(N)c1C#N)c1cnc2ccccc2c1-c1ccccc1. The summed E-state index contributed by atoms with van der Waals surface area (Å²) in [4.78, 5) is 12.7. The van der Waals surface area contributed by atoms with Gasteiger partial charge in [0.2, 0.25) is 0 Å². The number of para-hydroxylation sites is 1. The molecule has 0 saturated carbocycles. The Morgan fingerprint density at radius 1 is 1.00 bits per heavy atom. The Morgan fingerprint density at radius 3 is 2.54 bits per heavy atom. The third-order valence-electron chi connectivity index (χ3n) is 4.68. The van der Waals surface area contributed by atoms with Gasteiger partial charge in [0.25, 0.3) is 0 Å². The predicted molar refractivity (Wildman–Crippen MR) is 110 cm³/mol. The molecule has 3 N–H and O–H groups in total. The van der Waals surface area contributed by atoms with Gasteiger partial charge in [-0.25, -0.2) is 9.97 Å². The standard InChI is InChI=1S/C22H18N6/c1-14(28-22-17(11-23)21(24)26-13-27-22)18-12-25-19-10-6-5-9-16(19)20(18)15-7-3-2-4-8-15/h2-10,12-14H,1H3,(H3,24,26,27,28)/t14-/m0/s1. The van der Waals surface area contributed by atoms with E-state index in [9.17, 15) is 5.26 Å². The van der Waals surface area contributed by atoms with Gasteiger partial charge < -0.3 is 11.1 Å². The summed E-state index contributed by atoms with van der Waals surface area (Å²) in [5.74, 6) is 0.571. The lowest BCUT2D eigenvalue weighted by Crippen LogP contribution is -2.12. The van der Waals surface area contributed by atoms with Crippen molar-refractivity contribution in [3.63, 3.8) is 0 Å². The number of rotatable bonds is 4. The van der Waals surface area contributed by atoms with Crippen LogP contribution in [0.1, 0.15) is 24.1 Å². The number of anilines is 2. The lowest BCUT2D eigenvalue weighted by atomic mass is 9.93. The molecule has 4 rings (SSSR count). The van der Waals surface area contributed by atoms with Crippen LogP contribution in [0.2, 0.25) is 0 Å². The molecule has 0 spiro atoms. The minimum Gasteiger partial charge on any atom is -0.382 e. The van der Waals surface area contributed by atoms with Crippen LogP contribution in [0.3, 0.4) is 0 Å².